The van der Waals surface area contributed by atoms with Gasteiger partial charge in [-0.25, -0.2) is 19.4 Å². The standard InChI is InChI=1S/C21H25N3O2.2C19H22N4O2/c1-15-5-3-7-18(13-15)22-21(26)23-19-8-4-6-17(14-19)20(25)16-9-11-24(2)12-10-16;1-23-10-7-14(8-11-23)18(24)15-4-2-5-16(12-15)21-19(25)22-17-6-3-9-20-13-17;1-23-11-8-14(9-12-23)18(24)15-5-4-6-16(13-15)21-19(25)22-17-7-2-3-10-20-17/h3-8,13-14,16H,9-12H2,1-2H3,(H2,22,23,26);2-6,9,12-14H,7-8,10-11H2,1H3,(H2,21,22,25);2-7,10,13-14H,8-9,11-12H2,1H3,(H2,20,21,22,25). The number of carbonyl (C=O) groups is 6. The summed E-state index contributed by atoms with van der Waals surface area (Å²) >= 11 is 0. The summed E-state index contributed by atoms with van der Waals surface area (Å²) in [5.41, 5.74) is 6.18. The van der Waals surface area contributed by atoms with Crippen molar-refractivity contribution in [1.29, 1.82) is 0 Å². The summed E-state index contributed by atoms with van der Waals surface area (Å²) < 4.78 is 0. The van der Waals surface area contributed by atoms with Crippen molar-refractivity contribution in [2.45, 2.75) is 45.4 Å². The smallest absolute Gasteiger partial charge is 0.308 e. The van der Waals surface area contributed by atoms with Gasteiger partial charge < -0.3 is 41.3 Å². The number of benzene rings is 4. The second-order valence-corrected chi connectivity index (χ2v) is 19.6. The van der Waals surface area contributed by atoms with Gasteiger partial charge in [0.2, 0.25) is 0 Å². The van der Waals surface area contributed by atoms with E-state index in [4.69, 9.17) is 0 Å². The molecule has 17 heteroatoms. The average molecular weight is 1030 g/mol. The molecule has 0 saturated carbocycles. The first-order valence-electron chi connectivity index (χ1n) is 25.8. The van der Waals surface area contributed by atoms with Gasteiger partial charge in [0.1, 0.15) is 5.82 Å². The van der Waals surface area contributed by atoms with Crippen LogP contribution in [0, 0.1) is 24.7 Å². The maximum atomic E-state index is 12.7. The molecule has 396 valence electrons. The van der Waals surface area contributed by atoms with E-state index in [1.165, 1.54) is 0 Å². The highest BCUT2D eigenvalue weighted by Gasteiger charge is 2.27. The van der Waals surface area contributed by atoms with Crippen LogP contribution in [0.2, 0.25) is 0 Å². The molecule has 3 aliphatic heterocycles. The van der Waals surface area contributed by atoms with E-state index in [1.807, 2.05) is 55.5 Å². The molecule has 17 nitrogen and oxygen atoms in total. The summed E-state index contributed by atoms with van der Waals surface area (Å²) in [5.74, 6) is 1.15. The molecule has 0 radical (unpaired) electrons. The molecule has 3 fully saturated rings. The number of nitrogens with one attached hydrogen (secondary N) is 6. The van der Waals surface area contributed by atoms with Gasteiger partial charge in [0.15, 0.2) is 17.3 Å². The third kappa shape index (κ3) is 17.5. The molecular formula is C59H69N11O6. The average Bonchev–Trinajstić information content (AvgIpc) is 3.42. The molecule has 5 heterocycles. The molecule has 6 N–H and O–H groups in total. The molecular weight excluding hydrogens is 959 g/mol. The summed E-state index contributed by atoms with van der Waals surface area (Å²) in [6, 6.07) is 36.7. The molecule has 3 aliphatic rings. The van der Waals surface area contributed by atoms with E-state index in [0.29, 0.717) is 45.3 Å². The monoisotopic (exact) mass is 1030 g/mol. The van der Waals surface area contributed by atoms with Crippen molar-refractivity contribution < 1.29 is 28.8 Å². The fourth-order valence-corrected chi connectivity index (χ4v) is 9.23. The Labute approximate surface area is 445 Å². The summed E-state index contributed by atoms with van der Waals surface area (Å²) in [5, 5.41) is 16.5. The van der Waals surface area contributed by atoms with Crippen LogP contribution in [-0.4, -0.2) is 121 Å². The van der Waals surface area contributed by atoms with Crippen LogP contribution >= 0.6 is 0 Å². The van der Waals surface area contributed by atoms with E-state index in [1.54, 1.807) is 97.5 Å². The highest BCUT2D eigenvalue weighted by atomic mass is 16.2. The number of carbonyl (C=O) groups excluding carboxylic acids is 6. The molecule has 3 saturated heterocycles. The number of rotatable bonds is 12. The lowest BCUT2D eigenvalue weighted by Crippen LogP contribution is -2.33. The number of anilines is 6. The number of likely N-dealkylation sites (tertiary alicyclic amines) is 3. The van der Waals surface area contributed by atoms with Crippen molar-refractivity contribution in [3.63, 3.8) is 0 Å². The van der Waals surface area contributed by atoms with Crippen molar-refractivity contribution >= 4 is 69.7 Å². The highest BCUT2D eigenvalue weighted by Crippen LogP contribution is 2.26. The Morgan fingerprint density at radius 1 is 0.408 bits per heavy atom. The molecule has 0 aliphatic carbocycles. The van der Waals surface area contributed by atoms with E-state index in [9.17, 15) is 28.8 Å². The van der Waals surface area contributed by atoms with Crippen LogP contribution in [-0.2, 0) is 0 Å². The van der Waals surface area contributed by atoms with Gasteiger partial charge in [-0.15, -0.1) is 0 Å². The van der Waals surface area contributed by atoms with Gasteiger partial charge in [0.25, 0.3) is 0 Å². The predicted molar refractivity (Wildman–Crippen MR) is 301 cm³/mol. The predicted octanol–water partition coefficient (Wildman–Crippen LogP) is 10.7. The SMILES string of the molecule is CN1CCC(C(=O)c2cccc(NC(=O)Nc3ccccn3)c2)CC1.CN1CCC(C(=O)c2cccc(NC(=O)Nc3cccnc3)c2)CC1.Cc1cccc(NC(=O)Nc2cccc(C(=O)C3CCN(C)CC3)c2)c1. The molecule has 4 aromatic carbocycles. The van der Waals surface area contributed by atoms with Gasteiger partial charge in [-0.05, 0) is 184 Å². The van der Waals surface area contributed by atoms with E-state index >= 15 is 0 Å². The van der Waals surface area contributed by atoms with Crippen molar-refractivity contribution in [2.24, 2.45) is 17.8 Å². The normalized spacial score (nSPS) is 15.5. The van der Waals surface area contributed by atoms with E-state index < -0.39 is 0 Å². The van der Waals surface area contributed by atoms with Gasteiger partial charge in [0.05, 0.1) is 11.9 Å². The largest absolute Gasteiger partial charge is 0.324 e. The van der Waals surface area contributed by atoms with Crippen LogP contribution in [0.1, 0.15) is 75.2 Å². The lowest BCUT2D eigenvalue weighted by molar-refractivity contribution is 0.0850. The summed E-state index contributed by atoms with van der Waals surface area (Å²) in [6.07, 6.45) is 10.1. The van der Waals surface area contributed by atoms with Crippen LogP contribution in [0.4, 0.5) is 48.6 Å². The Morgan fingerprint density at radius 2 is 0.776 bits per heavy atom. The Kier molecular flexibility index (Phi) is 20.5. The fraction of sp³-hybridized carbons (Fsp3) is 0.322. The van der Waals surface area contributed by atoms with Crippen LogP contribution in [0.25, 0.3) is 0 Å². The third-order valence-electron chi connectivity index (χ3n) is 13.6. The number of pyridine rings is 2. The summed E-state index contributed by atoms with van der Waals surface area (Å²) in [7, 11) is 6.23. The first-order chi connectivity index (χ1) is 36.7. The molecule has 9 rings (SSSR count). The summed E-state index contributed by atoms with van der Waals surface area (Å²) in [4.78, 5) is 89.1. The molecule has 2 aromatic heterocycles. The minimum absolute atomic E-state index is 0.0637. The maximum absolute atomic E-state index is 12.7. The molecule has 0 unspecified atom stereocenters. The van der Waals surface area contributed by atoms with Crippen molar-refractivity contribution in [3.8, 4) is 0 Å². The Bertz CT molecular complexity index is 2770. The fourth-order valence-electron chi connectivity index (χ4n) is 9.23. The Balaban J connectivity index is 0.000000166. The molecule has 0 atom stereocenters. The number of hydrogen-bond acceptors (Lipinski definition) is 11. The first-order valence-corrected chi connectivity index (χ1v) is 25.8. The van der Waals surface area contributed by atoms with Gasteiger partial charge in [0, 0.05) is 69.6 Å². The third-order valence-corrected chi connectivity index (χ3v) is 13.6. The molecule has 0 bridgehead atoms. The number of Topliss-reactive ketones (excluding diaryl/α,β-unsaturated/α-hetero) is 3. The number of aromatic nitrogens is 2. The zero-order valence-corrected chi connectivity index (χ0v) is 43.8. The second kappa shape index (κ2) is 28.0. The zero-order chi connectivity index (χ0) is 53.8. The van der Waals surface area contributed by atoms with Gasteiger partial charge in [-0.1, -0.05) is 54.6 Å². The zero-order valence-electron chi connectivity index (χ0n) is 43.8. The molecule has 6 aromatic rings. The lowest BCUT2D eigenvalue weighted by Gasteiger charge is -2.28. The number of ketones is 3. The maximum Gasteiger partial charge on any atom is 0.324 e. The molecule has 76 heavy (non-hydrogen) atoms. The number of amides is 6. The van der Waals surface area contributed by atoms with Crippen LogP contribution in [0.3, 0.4) is 0 Å². The van der Waals surface area contributed by atoms with Gasteiger partial charge in [-0.3, -0.25) is 24.7 Å². The quantitative estimate of drug-likeness (QED) is 0.0635. The van der Waals surface area contributed by atoms with Gasteiger partial charge in [-0.2, -0.15) is 0 Å². The van der Waals surface area contributed by atoms with E-state index in [2.05, 4.69) is 77.7 Å². The minimum atomic E-state index is -0.386. The van der Waals surface area contributed by atoms with Crippen molar-refractivity contribution in [1.82, 2.24) is 24.7 Å². The van der Waals surface area contributed by atoms with Crippen molar-refractivity contribution in [2.75, 3.05) is 92.3 Å². The number of urea groups is 3. The summed E-state index contributed by atoms with van der Waals surface area (Å²) in [6.45, 7) is 7.66. The molecule has 0 spiro atoms. The van der Waals surface area contributed by atoms with Crippen LogP contribution in [0.15, 0.2) is 146 Å². The van der Waals surface area contributed by atoms with Crippen LogP contribution in [0.5, 0.6) is 0 Å². The number of nitrogens with zero attached hydrogens (tertiary/aromatic N) is 5. The van der Waals surface area contributed by atoms with E-state index in [-0.39, 0.29) is 53.2 Å². The topological polar surface area (TPSA) is 210 Å². The van der Waals surface area contributed by atoms with Crippen molar-refractivity contribution in [3.05, 3.63) is 168 Å². The Hall–Kier alpha value is -8.12. The molecule has 6 amide bonds. The Morgan fingerprint density at radius 3 is 1.14 bits per heavy atom. The highest BCUT2D eigenvalue weighted by molar-refractivity contribution is 6.04. The van der Waals surface area contributed by atoms with Crippen LogP contribution < -0.4 is 31.9 Å². The second-order valence-electron chi connectivity index (χ2n) is 19.6. The number of hydrogen-bond donors (Lipinski definition) is 6. The minimum Gasteiger partial charge on any atom is -0.308 e. The number of aryl methyl sites for hydroxylation is 1. The van der Waals surface area contributed by atoms with E-state index in [0.717, 1.165) is 89.0 Å². The number of piperidine rings is 3. The first kappa shape index (κ1) is 55.6. The van der Waals surface area contributed by atoms with Gasteiger partial charge >= 0.3 is 18.1 Å². The lowest BCUT2D eigenvalue weighted by atomic mass is 9.89.